The molecule has 0 aromatic carbocycles. The molecule has 4 atom stereocenters. The summed E-state index contributed by atoms with van der Waals surface area (Å²) in [5.74, 6) is -2.24. The minimum atomic E-state index is -4.39. The Morgan fingerprint density at radius 3 is 3.17 bits per heavy atom. The van der Waals surface area contributed by atoms with Crippen LogP contribution in [0.1, 0.15) is 29.8 Å². The van der Waals surface area contributed by atoms with Gasteiger partial charge in [-0.15, -0.1) is 0 Å². The normalized spacial score (nSPS) is 47.2. The third-order valence-corrected chi connectivity index (χ3v) is 4.07. The van der Waals surface area contributed by atoms with Crippen molar-refractivity contribution in [1.82, 2.24) is 0 Å². The number of hydrogen-bond acceptors (Lipinski definition) is 6. The molecule has 1 saturated carbocycles. The Bertz CT molecular complexity index is 430. The summed E-state index contributed by atoms with van der Waals surface area (Å²) in [7, 11) is -4.39. The first-order valence-corrected chi connectivity index (χ1v) is 7.18. The van der Waals surface area contributed by atoms with Gasteiger partial charge in [-0.25, -0.2) is 0 Å². The van der Waals surface area contributed by atoms with Crippen molar-refractivity contribution in [3.05, 3.63) is 0 Å². The van der Waals surface area contributed by atoms with Crippen molar-refractivity contribution >= 4 is 14.1 Å². The van der Waals surface area contributed by atoms with Gasteiger partial charge in [-0.2, -0.15) is 13.6 Å². The highest BCUT2D eigenvalue weighted by Gasteiger charge is 2.46. The molecule has 7 nitrogen and oxygen atoms in total. The molecule has 8 heteroatoms. The van der Waals surface area contributed by atoms with E-state index in [2.05, 4.69) is 0 Å². The maximum absolute atomic E-state index is 12.4. The number of fused-ring (bicyclic) bond motifs is 1. The molecule has 1 heterocycles. The number of phosphoric ester groups is 1. The average Bonchev–Trinajstić information content (AvgIpc) is 2.33. The average molecular weight is 282 g/mol. The second-order valence-electron chi connectivity index (χ2n) is 4.25. The van der Waals surface area contributed by atoms with E-state index in [9.17, 15) is 9.69 Å². The predicted octanol–water partition coefficient (Wildman–Crippen LogP) is 0.0584. The SMILES string of the molecule is [2H]C1([2H])O[P+]([O-])(OC[C@H](N)C(=O)O)O[C@]2([2H])CCCC[C@@H]12. The van der Waals surface area contributed by atoms with Crippen LogP contribution in [-0.4, -0.2) is 36.4 Å². The van der Waals surface area contributed by atoms with Gasteiger partial charge in [0.15, 0.2) is 0 Å². The van der Waals surface area contributed by atoms with Gasteiger partial charge in [0.25, 0.3) is 0 Å². The summed E-state index contributed by atoms with van der Waals surface area (Å²) in [6, 6.07) is -1.44. The van der Waals surface area contributed by atoms with Gasteiger partial charge in [0.05, 0.1) is 4.11 Å². The van der Waals surface area contributed by atoms with Gasteiger partial charge >= 0.3 is 14.1 Å². The zero-order chi connectivity index (χ0) is 15.9. The lowest BCUT2D eigenvalue weighted by Crippen LogP contribution is -2.41. The van der Waals surface area contributed by atoms with Crippen molar-refractivity contribution in [1.29, 1.82) is 0 Å². The number of nitrogens with two attached hydrogens (primary N) is 1. The molecule has 1 unspecified atom stereocenters. The summed E-state index contributed by atoms with van der Waals surface area (Å²) in [4.78, 5) is 23.0. The Labute approximate surface area is 110 Å². The van der Waals surface area contributed by atoms with Gasteiger partial charge in [-0.1, -0.05) is 12.8 Å². The summed E-state index contributed by atoms with van der Waals surface area (Å²) in [5, 5.41) is 8.65. The van der Waals surface area contributed by atoms with E-state index in [0.29, 0.717) is 12.8 Å². The summed E-state index contributed by atoms with van der Waals surface area (Å²) in [6.07, 6.45) is 0.254. The summed E-state index contributed by atoms with van der Waals surface area (Å²) in [5.41, 5.74) is 5.23. The van der Waals surface area contributed by atoms with E-state index < -0.39 is 45.3 Å². The summed E-state index contributed by atoms with van der Waals surface area (Å²) in [6.45, 7) is -3.01. The quantitative estimate of drug-likeness (QED) is 0.700. The minimum Gasteiger partial charge on any atom is -0.606 e. The second-order valence-corrected chi connectivity index (χ2v) is 5.77. The van der Waals surface area contributed by atoms with E-state index in [0.717, 1.165) is 6.42 Å². The third-order valence-electron chi connectivity index (χ3n) is 2.82. The third kappa shape index (κ3) is 3.38. The predicted molar refractivity (Wildman–Crippen MR) is 61.3 cm³/mol. The van der Waals surface area contributed by atoms with Crippen LogP contribution >= 0.6 is 8.17 Å². The highest BCUT2D eigenvalue weighted by atomic mass is 31.2. The molecule has 104 valence electrons. The fourth-order valence-corrected chi connectivity index (χ4v) is 3.05. The number of aliphatic carboxylic acids is 1. The fraction of sp³-hybridized carbons (Fsp3) is 0.900. The lowest BCUT2D eigenvalue weighted by Gasteiger charge is -2.39. The molecule has 1 aliphatic heterocycles. The van der Waals surface area contributed by atoms with Crippen molar-refractivity contribution in [2.24, 2.45) is 11.7 Å². The van der Waals surface area contributed by atoms with E-state index >= 15 is 0 Å². The fourth-order valence-electron chi connectivity index (χ4n) is 1.80. The van der Waals surface area contributed by atoms with Crippen LogP contribution in [-0.2, 0) is 18.4 Å². The molecule has 1 saturated heterocycles. The first-order chi connectivity index (χ1) is 9.58. The Balaban J connectivity index is 2.12. The number of carbonyl (C=O) groups is 1. The van der Waals surface area contributed by atoms with Crippen LogP contribution in [0, 0.1) is 5.92 Å². The summed E-state index contributed by atoms with van der Waals surface area (Å²) >= 11 is 0. The second kappa shape index (κ2) is 5.77. The maximum atomic E-state index is 12.4. The van der Waals surface area contributed by atoms with Gasteiger partial charge in [0.2, 0.25) is 0 Å². The molecule has 0 radical (unpaired) electrons. The molecular formula is C10H18NO6P. The van der Waals surface area contributed by atoms with Crippen LogP contribution in [0.2, 0.25) is 0 Å². The van der Waals surface area contributed by atoms with Crippen LogP contribution in [0.15, 0.2) is 0 Å². The number of carboxylic acids is 1. The van der Waals surface area contributed by atoms with Crippen LogP contribution in [0.4, 0.5) is 0 Å². The number of carboxylic acid groups (broad SMARTS) is 1. The van der Waals surface area contributed by atoms with Crippen LogP contribution < -0.4 is 10.6 Å². The number of phosphoric acid groups is 1. The Morgan fingerprint density at radius 1 is 1.72 bits per heavy atom. The van der Waals surface area contributed by atoms with E-state index in [4.69, 9.17) is 28.5 Å². The van der Waals surface area contributed by atoms with E-state index in [-0.39, 0.29) is 6.42 Å². The summed E-state index contributed by atoms with van der Waals surface area (Å²) < 4.78 is 38.6. The monoisotopic (exact) mass is 282 g/mol. The van der Waals surface area contributed by atoms with Crippen LogP contribution in [0.3, 0.4) is 0 Å². The minimum absolute atomic E-state index is 0.207. The molecule has 0 bridgehead atoms. The Morgan fingerprint density at radius 2 is 2.44 bits per heavy atom. The zero-order valence-electron chi connectivity index (χ0n) is 12.7. The Kier molecular flexibility index (Phi) is 3.36. The lowest BCUT2D eigenvalue weighted by molar-refractivity contribution is -0.268. The van der Waals surface area contributed by atoms with E-state index in [1.807, 2.05) is 0 Å². The van der Waals surface area contributed by atoms with Crippen LogP contribution in [0.5, 0.6) is 0 Å². The maximum Gasteiger partial charge on any atom is 0.379 e. The molecular weight excluding hydrogens is 261 g/mol. The van der Waals surface area contributed by atoms with Gasteiger partial charge in [-0.05, 0) is 12.8 Å². The van der Waals surface area contributed by atoms with Gasteiger partial charge in [0.1, 0.15) is 25.3 Å². The molecule has 0 spiro atoms. The van der Waals surface area contributed by atoms with Crippen molar-refractivity contribution < 1.29 is 32.5 Å². The molecule has 0 aromatic rings. The molecule has 2 rings (SSSR count). The Hall–Kier alpha value is -0.300. The molecule has 2 aliphatic rings. The highest BCUT2D eigenvalue weighted by molar-refractivity contribution is 7.54. The topological polar surface area (TPSA) is 114 Å². The van der Waals surface area contributed by atoms with Crippen molar-refractivity contribution in [2.75, 3.05) is 13.2 Å². The molecule has 0 amide bonds. The van der Waals surface area contributed by atoms with E-state index in [1.165, 1.54) is 0 Å². The molecule has 0 aromatic heterocycles. The van der Waals surface area contributed by atoms with Gasteiger partial charge in [-0.3, -0.25) is 4.79 Å². The lowest BCUT2D eigenvalue weighted by atomic mass is 9.87. The molecule has 3 N–H and O–H groups in total. The van der Waals surface area contributed by atoms with Crippen molar-refractivity contribution in [2.45, 2.75) is 37.8 Å². The zero-order valence-corrected chi connectivity index (χ0v) is 10.6. The first kappa shape index (κ1) is 10.5. The van der Waals surface area contributed by atoms with Crippen molar-refractivity contribution in [3.8, 4) is 0 Å². The smallest absolute Gasteiger partial charge is 0.379 e. The number of rotatable bonds is 4. The molecule has 18 heavy (non-hydrogen) atoms. The van der Waals surface area contributed by atoms with Crippen molar-refractivity contribution in [3.63, 3.8) is 0 Å². The molecule has 2 fully saturated rings. The van der Waals surface area contributed by atoms with Crippen LogP contribution in [0.25, 0.3) is 0 Å². The highest BCUT2D eigenvalue weighted by Crippen LogP contribution is 2.59. The number of hydrogen-bond donors (Lipinski definition) is 2. The standard InChI is InChI=1S/C10H18NO6P/c11-8(10(12)13)6-16-18(14)15-5-7-3-1-2-4-9(7)17-18/h7-9H,1-6,11H2,(H,12,13)/t7-,8-,9+,18?/m0/s1/i5D2,9D. The first-order valence-electron chi connectivity index (χ1n) is 7.22. The van der Waals surface area contributed by atoms with Gasteiger partial charge < -0.3 is 15.7 Å². The van der Waals surface area contributed by atoms with Gasteiger partial charge in [0, 0.05) is 5.92 Å². The van der Waals surface area contributed by atoms with E-state index in [1.54, 1.807) is 0 Å². The molecule has 1 aliphatic carbocycles. The largest absolute Gasteiger partial charge is 0.606 e.